The van der Waals surface area contributed by atoms with Crippen LogP contribution in [0.5, 0.6) is 5.75 Å². The third-order valence-corrected chi connectivity index (χ3v) is 2.07. The van der Waals surface area contributed by atoms with Gasteiger partial charge in [0.25, 0.3) is 0 Å². The quantitative estimate of drug-likeness (QED) is 0.696. The molecule has 0 bridgehead atoms. The van der Waals surface area contributed by atoms with Crippen molar-refractivity contribution < 1.29 is 9.47 Å². The third kappa shape index (κ3) is 2.90. The molecule has 0 fully saturated rings. The average molecular weight is 201 g/mol. The van der Waals surface area contributed by atoms with E-state index in [1.807, 2.05) is 31.2 Å². The van der Waals surface area contributed by atoms with Crippen molar-refractivity contribution in [1.29, 1.82) is 0 Å². The molecule has 1 atom stereocenters. The molecule has 0 N–H and O–H groups in total. The second kappa shape index (κ2) is 5.10. The SMILES string of the molecule is CCOC(Cl)c1ccc(OC)cc1. The summed E-state index contributed by atoms with van der Waals surface area (Å²) in [4.78, 5) is 0. The van der Waals surface area contributed by atoms with Gasteiger partial charge in [-0.15, -0.1) is 0 Å². The molecule has 0 saturated heterocycles. The Balaban J connectivity index is 2.67. The van der Waals surface area contributed by atoms with Crippen LogP contribution < -0.4 is 4.74 Å². The molecule has 1 aromatic carbocycles. The van der Waals surface area contributed by atoms with Gasteiger partial charge in [0.15, 0.2) is 5.56 Å². The molecule has 0 aromatic heterocycles. The molecule has 0 aliphatic heterocycles. The van der Waals surface area contributed by atoms with E-state index in [2.05, 4.69) is 0 Å². The largest absolute Gasteiger partial charge is 0.497 e. The number of ether oxygens (including phenoxy) is 2. The molecule has 1 aromatic rings. The smallest absolute Gasteiger partial charge is 0.156 e. The molecule has 3 heteroatoms. The molecule has 1 unspecified atom stereocenters. The highest BCUT2D eigenvalue weighted by Crippen LogP contribution is 2.23. The standard InChI is InChI=1S/C10H13ClO2/c1-3-13-10(11)8-4-6-9(12-2)7-5-8/h4-7,10H,3H2,1-2H3. The molecule has 0 aliphatic rings. The fourth-order valence-corrected chi connectivity index (χ4v) is 1.27. The van der Waals surface area contributed by atoms with Gasteiger partial charge < -0.3 is 9.47 Å². The van der Waals surface area contributed by atoms with Crippen LogP contribution in [0.3, 0.4) is 0 Å². The van der Waals surface area contributed by atoms with E-state index in [0.717, 1.165) is 11.3 Å². The minimum absolute atomic E-state index is 0.365. The van der Waals surface area contributed by atoms with Crippen LogP contribution in [-0.4, -0.2) is 13.7 Å². The van der Waals surface area contributed by atoms with E-state index in [4.69, 9.17) is 21.1 Å². The van der Waals surface area contributed by atoms with Gasteiger partial charge in [-0.25, -0.2) is 0 Å². The van der Waals surface area contributed by atoms with Crippen molar-refractivity contribution in [1.82, 2.24) is 0 Å². The zero-order chi connectivity index (χ0) is 9.68. The van der Waals surface area contributed by atoms with Crippen LogP contribution in [0.1, 0.15) is 18.1 Å². The van der Waals surface area contributed by atoms with Crippen LogP contribution >= 0.6 is 11.6 Å². The second-order valence-electron chi connectivity index (χ2n) is 2.54. The molecule has 13 heavy (non-hydrogen) atoms. The van der Waals surface area contributed by atoms with Crippen LogP contribution in [0, 0.1) is 0 Å². The molecular formula is C10H13ClO2. The normalized spacial score (nSPS) is 12.5. The summed E-state index contributed by atoms with van der Waals surface area (Å²) in [5, 5.41) is 0. The predicted molar refractivity (Wildman–Crippen MR) is 53.2 cm³/mol. The van der Waals surface area contributed by atoms with E-state index >= 15 is 0 Å². The van der Waals surface area contributed by atoms with E-state index < -0.39 is 0 Å². The van der Waals surface area contributed by atoms with E-state index in [-0.39, 0.29) is 5.56 Å². The van der Waals surface area contributed by atoms with Crippen LogP contribution in [0.25, 0.3) is 0 Å². The molecule has 0 saturated carbocycles. The molecule has 2 nitrogen and oxygen atoms in total. The predicted octanol–water partition coefficient (Wildman–Crippen LogP) is 2.97. The van der Waals surface area contributed by atoms with Gasteiger partial charge in [0.2, 0.25) is 0 Å². The maximum Gasteiger partial charge on any atom is 0.156 e. The van der Waals surface area contributed by atoms with Gasteiger partial charge in [-0.1, -0.05) is 23.7 Å². The lowest BCUT2D eigenvalue weighted by atomic mass is 10.2. The Bertz CT molecular complexity index is 246. The highest BCUT2D eigenvalue weighted by molar-refractivity contribution is 6.19. The number of halogens is 1. The maximum atomic E-state index is 5.94. The number of hydrogen-bond donors (Lipinski definition) is 0. The average Bonchev–Trinajstić information content (AvgIpc) is 2.18. The summed E-state index contributed by atoms with van der Waals surface area (Å²) < 4.78 is 10.3. The van der Waals surface area contributed by atoms with Gasteiger partial charge in [-0.2, -0.15) is 0 Å². The number of alkyl halides is 1. The van der Waals surface area contributed by atoms with Gasteiger partial charge >= 0.3 is 0 Å². The van der Waals surface area contributed by atoms with Crippen LogP contribution in [-0.2, 0) is 4.74 Å². The highest BCUT2D eigenvalue weighted by atomic mass is 35.5. The number of rotatable bonds is 4. The maximum absolute atomic E-state index is 5.94. The Morgan fingerprint density at radius 2 is 1.92 bits per heavy atom. The second-order valence-corrected chi connectivity index (χ2v) is 2.94. The van der Waals surface area contributed by atoms with Gasteiger partial charge in [0.05, 0.1) is 7.11 Å². The van der Waals surface area contributed by atoms with Crippen LogP contribution in [0.4, 0.5) is 0 Å². The van der Waals surface area contributed by atoms with Crippen molar-refractivity contribution in [2.24, 2.45) is 0 Å². The van der Waals surface area contributed by atoms with Crippen LogP contribution in [0.2, 0.25) is 0 Å². The van der Waals surface area contributed by atoms with Crippen LogP contribution in [0.15, 0.2) is 24.3 Å². The van der Waals surface area contributed by atoms with Crippen molar-refractivity contribution in [3.05, 3.63) is 29.8 Å². The molecule has 0 radical (unpaired) electrons. The Hall–Kier alpha value is -0.730. The van der Waals surface area contributed by atoms with E-state index in [9.17, 15) is 0 Å². The summed E-state index contributed by atoms with van der Waals surface area (Å²) in [6, 6.07) is 7.52. The lowest BCUT2D eigenvalue weighted by molar-refractivity contribution is 0.121. The topological polar surface area (TPSA) is 18.5 Å². The minimum Gasteiger partial charge on any atom is -0.497 e. The van der Waals surface area contributed by atoms with Crippen molar-refractivity contribution in [3.8, 4) is 5.75 Å². The summed E-state index contributed by atoms with van der Waals surface area (Å²) in [5.41, 5.74) is 0.584. The summed E-state index contributed by atoms with van der Waals surface area (Å²) >= 11 is 5.94. The molecule has 1 rings (SSSR count). The number of benzene rings is 1. The Morgan fingerprint density at radius 3 is 2.38 bits per heavy atom. The Labute approximate surface area is 83.4 Å². The Morgan fingerprint density at radius 1 is 1.31 bits per heavy atom. The van der Waals surface area contributed by atoms with Gasteiger partial charge in [-0.05, 0) is 24.6 Å². The molecule has 0 aliphatic carbocycles. The molecular weight excluding hydrogens is 188 g/mol. The fraction of sp³-hybridized carbons (Fsp3) is 0.400. The van der Waals surface area contributed by atoms with Crippen molar-refractivity contribution in [2.75, 3.05) is 13.7 Å². The first-order chi connectivity index (χ1) is 6.27. The zero-order valence-corrected chi connectivity index (χ0v) is 8.54. The van der Waals surface area contributed by atoms with Crippen molar-refractivity contribution in [3.63, 3.8) is 0 Å². The fourth-order valence-electron chi connectivity index (χ4n) is 0.998. The highest BCUT2D eigenvalue weighted by Gasteiger charge is 2.06. The number of methoxy groups -OCH3 is 1. The minimum atomic E-state index is -0.365. The lowest BCUT2D eigenvalue weighted by Gasteiger charge is -2.09. The Kier molecular flexibility index (Phi) is 4.06. The molecule has 0 amide bonds. The van der Waals surface area contributed by atoms with E-state index in [1.165, 1.54) is 0 Å². The molecule has 0 heterocycles. The van der Waals surface area contributed by atoms with Gasteiger partial charge in [0.1, 0.15) is 5.75 Å². The lowest BCUT2D eigenvalue weighted by Crippen LogP contribution is -1.96. The van der Waals surface area contributed by atoms with Gasteiger partial charge in [0, 0.05) is 6.61 Å². The first kappa shape index (κ1) is 10.4. The summed E-state index contributed by atoms with van der Waals surface area (Å²) in [5.74, 6) is 0.823. The summed E-state index contributed by atoms with van der Waals surface area (Å²) in [6.07, 6.45) is 0. The number of hydrogen-bond acceptors (Lipinski definition) is 2. The monoisotopic (exact) mass is 200 g/mol. The van der Waals surface area contributed by atoms with E-state index in [1.54, 1.807) is 7.11 Å². The first-order valence-electron chi connectivity index (χ1n) is 4.17. The molecule has 72 valence electrons. The van der Waals surface area contributed by atoms with Gasteiger partial charge in [-0.3, -0.25) is 0 Å². The van der Waals surface area contributed by atoms with Crippen molar-refractivity contribution >= 4 is 11.6 Å². The van der Waals surface area contributed by atoms with Crippen molar-refractivity contribution in [2.45, 2.75) is 12.5 Å². The molecule has 0 spiro atoms. The van der Waals surface area contributed by atoms with E-state index in [0.29, 0.717) is 6.61 Å². The third-order valence-electron chi connectivity index (χ3n) is 1.69. The first-order valence-corrected chi connectivity index (χ1v) is 4.61. The summed E-state index contributed by atoms with van der Waals surface area (Å²) in [7, 11) is 1.63. The zero-order valence-electron chi connectivity index (χ0n) is 7.79. The summed E-state index contributed by atoms with van der Waals surface area (Å²) in [6.45, 7) is 2.53.